The third-order valence-electron chi connectivity index (χ3n) is 4.93. The highest BCUT2D eigenvalue weighted by molar-refractivity contribution is 5.93. The fraction of sp³-hybridized carbons (Fsp3) is 0.421. The molecule has 1 fully saturated rings. The predicted octanol–water partition coefficient (Wildman–Crippen LogP) is 2.63. The molecule has 26 heavy (non-hydrogen) atoms. The Hall–Kier alpha value is -2.67. The summed E-state index contributed by atoms with van der Waals surface area (Å²) in [6, 6.07) is 5.37. The Morgan fingerprint density at radius 2 is 2.31 bits per heavy atom. The second-order valence-corrected chi connectivity index (χ2v) is 6.57. The number of nitrogens with zero attached hydrogens (tertiary/aromatic N) is 3. The summed E-state index contributed by atoms with van der Waals surface area (Å²) in [5.41, 5.74) is 1.93. The van der Waals surface area contributed by atoms with Gasteiger partial charge in [0, 0.05) is 36.1 Å². The summed E-state index contributed by atoms with van der Waals surface area (Å²) in [6.07, 6.45) is 5.59. The summed E-state index contributed by atoms with van der Waals surface area (Å²) in [5.74, 6) is 1.40. The minimum Gasteiger partial charge on any atom is -0.497 e. The van der Waals surface area contributed by atoms with E-state index in [1.165, 1.54) is 0 Å². The van der Waals surface area contributed by atoms with E-state index in [1.807, 2.05) is 19.1 Å². The molecule has 138 valence electrons. The lowest BCUT2D eigenvalue weighted by molar-refractivity contribution is -0.121. The molecule has 7 heteroatoms. The van der Waals surface area contributed by atoms with E-state index < -0.39 is 0 Å². The van der Waals surface area contributed by atoms with Crippen LogP contribution >= 0.6 is 0 Å². The minimum atomic E-state index is -0.226. The number of aromatic nitrogens is 3. The number of hydrogen-bond donors (Lipinski definition) is 2. The molecule has 2 N–H and O–H groups in total. The first-order valence-electron chi connectivity index (χ1n) is 8.82. The van der Waals surface area contributed by atoms with Crippen molar-refractivity contribution in [3.63, 3.8) is 0 Å². The van der Waals surface area contributed by atoms with Crippen LogP contribution in [-0.2, 0) is 9.53 Å². The average molecular weight is 355 g/mol. The van der Waals surface area contributed by atoms with E-state index in [1.54, 1.807) is 25.6 Å². The highest BCUT2D eigenvalue weighted by Crippen LogP contribution is 2.26. The fourth-order valence-corrected chi connectivity index (χ4v) is 3.25. The van der Waals surface area contributed by atoms with Gasteiger partial charge in [0.2, 0.25) is 5.91 Å². The zero-order valence-electron chi connectivity index (χ0n) is 15.2. The SMILES string of the molecule is C=C(OC)c1ccc(NC(=O)[C@H](C)N2CCCC(c3ccn[nH]3)C2)nc1. The van der Waals surface area contributed by atoms with Gasteiger partial charge in [-0.1, -0.05) is 6.58 Å². The van der Waals surface area contributed by atoms with Gasteiger partial charge in [-0.05, 0) is 44.5 Å². The predicted molar refractivity (Wildman–Crippen MR) is 101 cm³/mol. The molecule has 0 saturated carbocycles. The Morgan fingerprint density at radius 1 is 1.46 bits per heavy atom. The Bertz CT molecular complexity index is 742. The lowest BCUT2D eigenvalue weighted by Crippen LogP contribution is -2.46. The standard InChI is InChI=1S/C19H25N5O2/c1-13(24-10-4-5-16(12-24)17-8-9-21-23-17)19(25)22-18-7-6-15(11-20-18)14(2)26-3/h6-9,11,13,16H,2,4-5,10,12H2,1,3H3,(H,21,23)(H,20,22,25)/t13-,16?/m0/s1. The van der Waals surface area contributed by atoms with Gasteiger partial charge in [0.05, 0.1) is 13.2 Å². The first-order chi connectivity index (χ1) is 12.6. The zero-order valence-corrected chi connectivity index (χ0v) is 15.2. The molecule has 7 nitrogen and oxygen atoms in total. The third-order valence-corrected chi connectivity index (χ3v) is 4.93. The van der Waals surface area contributed by atoms with Gasteiger partial charge < -0.3 is 10.1 Å². The maximum Gasteiger partial charge on any atom is 0.242 e. The Balaban J connectivity index is 1.59. The van der Waals surface area contributed by atoms with E-state index in [-0.39, 0.29) is 11.9 Å². The molecule has 3 rings (SSSR count). The number of methoxy groups -OCH3 is 1. The van der Waals surface area contributed by atoms with Gasteiger partial charge in [-0.15, -0.1) is 0 Å². The van der Waals surface area contributed by atoms with Gasteiger partial charge >= 0.3 is 0 Å². The van der Waals surface area contributed by atoms with Crippen molar-refractivity contribution < 1.29 is 9.53 Å². The Labute approximate surface area is 153 Å². The Morgan fingerprint density at radius 3 is 2.96 bits per heavy atom. The first-order valence-corrected chi connectivity index (χ1v) is 8.82. The summed E-state index contributed by atoms with van der Waals surface area (Å²) in [6.45, 7) is 7.48. The van der Waals surface area contributed by atoms with Crippen LogP contribution in [0.15, 0.2) is 37.2 Å². The van der Waals surface area contributed by atoms with E-state index in [2.05, 4.69) is 32.0 Å². The van der Waals surface area contributed by atoms with Crippen LogP contribution < -0.4 is 5.32 Å². The van der Waals surface area contributed by atoms with Gasteiger partial charge in [-0.3, -0.25) is 14.8 Å². The summed E-state index contributed by atoms with van der Waals surface area (Å²) in [4.78, 5) is 19.1. The number of anilines is 1. The van der Waals surface area contributed by atoms with Crippen molar-refractivity contribution >= 4 is 17.5 Å². The van der Waals surface area contributed by atoms with Crippen LogP contribution in [0.4, 0.5) is 5.82 Å². The van der Waals surface area contributed by atoms with Gasteiger partial charge in [0.1, 0.15) is 11.6 Å². The maximum atomic E-state index is 12.6. The smallest absolute Gasteiger partial charge is 0.242 e. The van der Waals surface area contributed by atoms with Gasteiger partial charge in [-0.25, -0.2) is 4.98 Å². The van der Waals surface area contributed by atoms with Gasteiger partial charge in [0.15, 0.2) is 0 Å². The Kier molecular flexibility index (Phi) is 5.68. The molecule has 1 unspecified atom stereocenters. The highest BCUT2D eigenvalue weighted by atomic mass is 16.5. The summed E-state index contributed by atoms with van der Waals surface area (Å²) < 4.78 is 5.08. The van der Waals surface area contributed by atoms with E-state index in [4.69, 9.17) is 4.74 Å². The van der Waals surface area contributed by atoms with Crippen LogP contribution in [0.3, 0.4) is 0 Å². The molecular weight excluding hydrogens is 330 g/mol. The van der Waals surface area contributed by atoms with Crippen molar-refractivity contribution in [3.8, 4) is 0 Å². The van der Waals surface area contributed by atoms with E-state index in [9.17, 15) is 4.79 Å². The molecule has 1 saturated heterocycles. The molecule has 1 amide bonds. The molecule has 0 spiro atoms. The van der Waals surface area contributed by atoms with Gasteiger partial charge in [-0.2, -0.15) is 5.10 Å². The van der Waals surface area contributed by atoms with Crippen LogP contribution in [0, 0.1) is 0 Å². The molecule has 2 aromatic heterocycles. The number of amides is 1. The monoisotopic (exact) mass is 355 g/mol. The number of likely N-dealkylation sites (tertiary alicyclic amines) is 1. The molecule has 0 radical (unpaired) electrons. The number of pyridine rings is 1. The third kappa shape index (κ3) is 4.11. The summed E-state index contributed by atoms with van der Waals surface area (Å²) in [5, 5.41) is 9.98. The molecule has 2 atom stereocenters. The van der Waals surface area contributed by atoms with Crippen molar-refractivity contribution in [1.29, 1.82) is 0 Å². The molecule has 0 aromatic carbocycles. The largest absolute Gasteiger partial charge is 0.497 e. The van der Waals surface area contributed by atoms with Gasteiger partial charge in [0.25, 0.3) is 0 Å². The molecule has 1 aliphatic rings. The molecule has 2 aromatic rings. The average Bonchev–Trinajstić information content (AvgIpc) is 3.22. The molecule has 3 heterocycles. The van der Waals surface area contributed by atoms with E-state index >= 15 is 0 Å². The lowest BCUT2D eigenvalue weighted by atomic mass is 9.94. The first kappa shape index (κ1) is 18.1. The number of carbonyl (C=O) groups is 1. The number of H-pyrrole nitrogens is 1. The lowest BCUT2D eigenvalue weighted by Gasteiger charge is -2.35. The zero-order chi connectivity index (χ0) is 18.5. The number of hydrogen-bond acceptors (Lipinski definition) is 5. The van der Waals surface area contributed by atoms with Crippen molar-refractivity contribution in [2.45, 2.75) is 31.7 Å². The number of carbonyl (C=O) groups excluding carboxylic acids is 1. The highest BCUT2D eigenvalue weighted by Gasteiger charge is 2.28. The van der Waals surface area contributed by atoms with Crippen LogP contribution in [0.5, 0.6) is 0 Å². The van der Waals surface area contributed by atoms with Crippen LogP contribution in [0.2, 0.25) is 0 Å². The molecule has 0 bridgehead atoms. The minimum absolute atomic E-state index is 0.0546. The summed E-state index contributed by atoms with van der Waals surface area (Å²) in [7, 11) is 1.56. The van der Waals surface area contributed by atoms with Crippen LogP contribution in [-0.4, -0.2) is 52.2 Å². The molecular formula is C19H25N5O2. The van der Waals surface area contributed by atoms with E-state index in [0.717, 1.165) is 37.2 Å². The normalized spacial score (nSPS) is 18.9. The number of nitrogens with one attached hydrogen (secondary N) is 2. The summed E-state index contributed by atoms with van der Waals surface area (Å²) >= 11 is 0. The second-order valence-electron chi connectivity index (χ2n) is 6.57. The second kappa shape index (κ2) is 8.14. The topological polar surface area (TPSA) is 83.1 Å². The number of aromatic amines is 1. The van der Waals surface area contributed by atoms with Crippen molar-refractivity contribution in [1.82, 2.24) is 20.1 Å². The van der Waals surface area contributed by atoms with Crippen molar-refractivity contribution in [2.24, 2.45) is 0 Å². The number of rotatable bonds is 6. The van der Waals surface area contributed by atoms with E-state index in [0.29, 0.717) is 17.5 Å². The van der Waals surface area contributed by atoms with Crippen molar-refractivity contribution in [3.05, 3.63) is 48.4 Å². The van der Waals surface area contributed by atoms with Crippen LogP contribution in [0.25, 0.3) is 5.76 Å². The quantitative estimate of drug-likeness (QED) is 0.779. The maximum absolute atomic E-state index is 12.6. The fourth-order valence-electron chi connectivity index (χ4n) is 3.25. The number of piperidine rings is 1. The molecule has 1 aliphatic heterocycles. The van der Waals surface area contributed by atoms with Crippen molar-refractivity contribution in [2.75, 3.05) is 25.5 Å². The molecule has 0 aliphatic carbocycles. The number of ether oxygens (including phenoxy) is 1. The van der Waals surface area contributed by atoms with Crippen LogP contribution in [0.1, 0.15) is 36.9 Å².